The van der Waals surface area contributed by atoms with E-state index in [1.54, 1.807) is 6.07 Å². The largest absolute Gasteiger partial charge is 0.496 e. The number of methoxy groups -OCH3 is 1. The van der Waals surface area contributed by atoms with Crippen molar-refractivity contribution in [1.29, 1.82) is 5.26 Å². The van der Waals surface area contributed by atoms with Crippen molar-refractivity contribution in [3.05, 3.63) is 29.5 Å². The van der Waals surface area contributed by atoms with Crippen LogP contribution in [0.1, 0.15) is 5.69 Å². The van der Waals surface area contributed by atoms with E-state index in [0.29, 0.717) is 0 Å². The van der Waals surface area contributed by atoms with Crippen LogP contribution in [0, 0.1) is 23.0 Å². The van der Waals surface area contributed by atoms with Gasteiger partial charge >= 0.3 is 0 Å². The highest BCUT2D eigenvalue weighted by Crippen LogP contribution is 2.31. The lowest BCUT2D eigenvalue weighted by Crippen LogP contribution is -1.86. The number of ether oxygens (including phenoxy) is 1. The average molecular weight is 208 g/mol. The van der Waals surface area contributed by atoms with Crippen molar-refractivity contribution < 1.29 is 13.5 Å². The van der Waals surface area contributed by atoms with Gasteiger partial charge in [0.1, 0.15) is 17.6 Å². The monoisotopic (exact) mass is 208 g/mol. The third-order valence-corrected chi connectivity index (χ3v) is 2.14. The molecule has 1 aromatic carbocycles. The van der Waals surface area contributed by atoms with Gasteiger partial charge in [0.15, 0.2) is 11.5 Å². The van der Waals surface area contributed by atoms with Crippen molar-refractivity contribution in [2.45, 2.75) is 0 Å². The highest BCUT2D eigenvalue weighted by atomic mass is 19.1. The molecular weight excluding hydrogens is 202 g/mol. The van der Waals surface area contributed by atoms with Crippen LogP contribution in [0.25, 0.3) is 10.9 Å². The van der Waals surface area contributed by atoms with E-state index >= 15 is 0 Å². The number of H-pyrrole nitrogens is 1. The number of aromatic nitrogens is 1. The molecule has 0 fully saturated rings. The number of aromatic amines is 1. The molecule has 76 valence electrons. The fourth-order valence-electron chi connectivity index (χ4n) is 1.45. The normalized spacial score (nSPS) is 10.3. The van der Waals surface area contributed by atoms with Gasteiger partial charge < -0.3 is 9.72 Å². The molecule has 0 aliphatic heterocycles. The van der Waals surface area contributed by atoms with Crippen LogP contribution in [0.3, 0.4) is 0 Å². The summed E-state index contributed by atoms with van der Waals surface area (Å²) in [4.78, 5) is 2.37. The number of hydrogen-bond acceptors (Lipinski definition) is 2. The minimum absolute atomic E-state index is 0.0333. The summed E-state index contributed by atoms with van der Waals surface area (Å²) < 4.78 is 31.7. The van der Waals surface area contributed by atoms with Crippen LogP contribution in [-0.2, 0) is 0 Å². The van der Waals surface area contributed by atoms with Crippen LogP contribution in [-0.4, -0.2) is 12.1 Å². The van der Waals surface area contributed by atoms with E-state index in [4.69, 9.17) is 10.00 Å². The Morgan fingerprint density at radius 3 is 2.73 bits per heavy atom. The molecule has 0 unspecified atom stereocenters. The summed E-state index contributed by atoms with van der Waals surface area (Å²) in [5.74, 6) is -1.21. The van der Waals surface area contributed by atoms with Crippen molar-refractivity contribution in [2.75, 3.05) is 7.11 Å². The molecule has 0 radical (unpaired) electrons. The summed E-state index contributed by atoms with van der Waals surface area (Å²) in [5, 5.41) is 8.56. The Kier molecular flexibility index (Phi) is 2.05. The summed E-state index contributed by atoms with van der Waals surface area (Å²) in [6.45, 7) is 0. The Morgan fingerprint density at radius 1 is 1.40 bits per heavy atom. The molecule has 1 aromatic heterocycles. The van der Waals surface area contributed by atoms with E-state index in [-0.39, 0.29) is 22.3 Å². The van der Waals surface area contributed by atoms with Gasteiger partial charge in [0.25, 0.3) is 0 Å². The summed E-state index contributed by atoms with van der Waals surface area (Å²) in [7, 11) is 1.35. The topological polar surface area (TPSA) is 48.8 Å². The Labute approximate surface area is 83.9 Å². The van der Waals surface area contributed by atoms with Crippen molar-refractivity contribution >= 4 is 10.9 Å². The maximum Gasteiger partial charge on any atom is 0.170 e. The lowest BCUT2D eigenvalue weighted by Gasteiger charge is -2.01. The highest BCUT2D eigenvalue weighted by molar-refractivity contribution is 5.88. The zero-order valence-electron chi connectivity index (χ0n) is 7.77. The quantitative estimate of drug-likeness (QED) is 0.781. The third-order valence-electron chi connectivity index (χ3n) is 2.14. The molecule has 0 aliphatic rings. The standard InChI is InChI=1S/C10H6F2N2O/c1-15-7-3-2-5(11)10-8(7)9(12)6(4-13)14-10/h2-3,14H,1H3. The summed E-state index contributed by atoms with van der Waals surface area (Å²) in [6.07, 6.45) is 0. The van der Waals surface area contributed by atoms with Gasteiger partial charge in [-0.3, -0.25) is 0 Å². The molecule has 0 spiro atoms. The first kappa shape index (κ1) is 9.46. The lowest BCUT2D eigenvalue weighted by molar-refractivity contribution is 0.417. The molecule has 1 heterocycles. The third kappa shape index (κ3) is 1.22. The molecule has 0 bridgehead atoms. The van der Waals surface area contributed by atoms with E-state index in [2.05, 4.69) is 4.98 Å². The van der Waals surface area contributed by atoms with Gasteiger partial charge in [-0.25, -0.2) is 8.78 Å². The van der Waals surface area contributed by atoms with Crippen LogP contribution in [0.15, 0.2) is 12.1 Å². The number of rotatable bonds is 1. The van der Waals surface area contributed by atoms with Crippen LogP contribution in [0.5, 0.6) is 5.75 Å². The minimum atomic E-state index is -0.788. The first-order chi connectivity index (χ1) is 7.19. The first-order valence-corrected chi connectivity index (χ1v) is 4.12. The van der Waals surface area contributed by atoms with E-state index in [0.717, 1.165) is 6.07 Å². The Balaban J connectivity index is 2.93. The molecule has 2 aromatic rings. The Bertz CT molecular complexity index is 569. The number of fused-ring (bicyclic) bond motifs is 1. The van der Waals surface area contributed by atoms with Gasteiger partial charge in [0.2, 0.25) is 0 Å². The molecule has 5 heteroatoms. The highest BCUT2D eigenvalue weighted by Gasteiger charge is 2.17. The SMILES string of the molecule is COc1ccc(F)c2[nH]c(C#N)c(F)c12. The molecule has 0 saturated heterocycles. The summed E-state index contributed by atoms with van der Waals surface area (Å²) in [5.41, 5.74) is -0.350. The number of hydrogen-bond donors (Lipinski definition) is 1. The van der Waals surface area contributed by atoms with Crippen LogP contribution in [0.2, 0.25) is 0 Å². The molecule has 0 saturated carbocycles. The maximum absolute atomic E-state index is 13.6. The second-order valence-corrected chi connectivity index (χ2v) is 2.93. The Morgan fingerprint density at radius 2 is 2.13 bits per heavy atom. The molecule has 0 amide bonds. The van der Waals surface area contributed by atoms with Crippen LogP contribution >= 0.6 is 0 Å². The number of halogens is 2. The van der Waals surface area contributed by atoms with E-state index < -0.39 is 11.6 Å². The van der Waals surface area contributed by atoms with Crippen molar-refractivity contribution in [3.63, 3.8) is 0 Å². The lowest BCUT2D eigenvalue weighted by atomic mass is 10.2. The van der Waals surface area contributed by atoms with E-state index in [9.17, 15) is 8.78 Å². The van der Waals surface area contributed by atoms with Crippen molar-refractivity contribution in [3.8, 4) is 11.8 Å². The first-order valence-electron chi connectivity index (χ1n) is 4.12. The number of nitrogens with one attached hydrogen (secondary N) is 1. The molecule has 2 rings (SSSR count). The molecule has 0 atom stereocenters. The fraction of sp³-hybridized carbons (Fsp3) is 0.100. The number of nitrogens with zero attached hydrogens (tertiary/aromatic N) is 1. The van der Waals surface area contributed by atoms with Gasteiger partial charge in [0.05, 0.1) is 18.0 Å². The van der Waals surface area contributed by atoms with Gasteiger partial charge in [-0.15, -0.1) is 0 Å². The summed E-state index contributed by atoms with van der Waals surface area (Å²) in [6, 6.07) is 4.08. The molecule has 1 N–H and O–H groups in total. The number of benzene rings is 1. The van der Waals surface area contributed by atoms with Crippen molar-refractivity contribution in [2.24, 2.45) is 0 Å². The molecule has 15 heavy (non-hydrogen) atoms. The Hall–Kier alpha value is -2.09. The van der Waals surface area contributed by atoms with Crippen LogP contribution < -0.4 is 4.74 Å². The van der Waals surface area contributed by atoms with Gasteiger partial charge in [0, 0.05) is 0 Å². The molecule has 3 nitrogen and oxygen atoms in total. The van der Waals surface area contributed by atoms with E-state index in [1.165, 1.54) is 13.2 Å². The van der Waals surface area contributed by atoms with E-state index in [1.807, 2.05) is 0 Å². The smallest absolute Gasteiger partial charge is 0.170 e. The predicted octanol–water partition coefficient (Wildman–Crippen LogP) is 2.33. The maximum atomic E-state index is 13.6. The summed E-state index contributed by atoms with van der Waals surface area (Å²) >= 11 is 0. The molecule has 0 aliphatic carbocycles. The molecular formula is C10H6F2N2O. The fourth-order valence-corrected chi connectivity index (χ4v) is 1.45. The van der Waals surface area contributed by atoms with Gasteiger partial charge in [-0.1, -0.05) is 0 Å². The average Bonchev–Trinajstić information content (AvgIpc) is 2.58. The second-order valence-electron chi connectivity index (χ2n) is 2.93. The zero-order valence-corrected chi connectivity index (χ0v) is 7.77. The minimum Gasteiger partial charge on any atom is -0.496 e. The van der Waals surface area contributed by atoms with Crippen molar-refractivity contribution in [1.82, 2.24) is 4.98 Å². The zero-order chi connectivity index (χ0) is 11.0. The second kappa shape index (κ2) is 3.24. The predicted molar refractivity (Wildman–Crippen MR) is 49.5 cm³/mol. The van der Waals surface area contributed by atoms with Gasteiger partial charge in [-0.05, 0) is 12.1 Å². The number of nitriles is 1. The van der Waals surface area contributed by atoms with Gasteiger partial charge in [-0.2, -0.15) is 5.26 Å². The van der Waals surface area contributed by atoms with Crippen LogP contribution in [0.4, 0.5) is 8.78 Å².